The quantitative estimate of drug-likeness (QED) is 0.890. The van der Waals surface area contributed by atoms with Crippen molar-refractivity contribution in [1.29, 1.82) is 0 Å². The minimum Gasteiger partial charge on any atom is -0.357 e. The molecule has 7 heteroatoms. The molecule has 106 valence electrons. The second-order valence-corrected chi connectivity index (χ2v) is 6.04. The average molecular weight is 292 g/mol. The molecule has 2 aliphatic rings. The van der Waals surface area contributed by atoms with Gasteiger partial charge in [-0.1, -0.05) is 11.8 Å². The van der Waals surface area contributed by atoms with Crippen LogP contribution in [0.15, 0.2) is 12.4 Å². The van der Waals surface area contributed by atoms with E-state index in [1.165, 1.54) is 18.1 Å². The molecule has 0 radical (unpaired) electrons. The van der Waals surface area contributed by atoms with E-state index in [2.05, 4.69) is 20.2 Å². The molecule has 2 aliphatic heterocycles. The number of nitrogens with one attached hydrogen (secondary N) is 1. The minimum atomic E-state index is -0.377. The Morgan fingerprint density at radius 1 is 1.35 bits per heavy atom. The van der Waals surface area contributed by atoms with E-state index in [9.17, 15) is 9.59 Å². The summed E-state index contributed by atoms with van der Waals surface area (Å²) in [4.78, 5) is 34.0. The summed E-state index contributed by atoms with van der Waals surface area (Å²) in [6.07, 6.45) is 4.41. The van der Waals surface area contributed by atoms with Crippen LogP contribution in [0.2, 0.25) is 0 Å². The van der Waals surface area contributed by atoms with E-state index in [0.29, 0.717) is 12.1 Å². The van der Waals surface area contributed by atoms with Gasteiger partial charge >= 0.3 is 0 Å². The summed E-state index contributed by atoms with van der Waals surface area (Å²) >= 11 is 1.27. The number of rotatable bonds is 3. The van der Waals surface area contributed by atoms with Gasteiger partial charge in [0.05, 0.1) is 6.04 Å². The van der Waals surface area contributed by atoms with Crippen molar-refractivity contribution in [2.24, 2.45) is 0 Å². The van der Waals surface area contributed by atoms with Crippen LogP contribution in [0.5, 0.6) is 0 Å². The zero-order chi connectivity index (χ0) is 13.9. The summed E-state index contributed by atoms with van der Waals surface area (Å²) in [5.74, 6) is 1.26. The third kappa shape index (κ3) is 2.77. The molecular weight excluding hydrogens is 276 g/mol. The molecule has 0 spiro atoms. The predicted molar refractivity (Wildman–Crippen MR) is 76.8 cm³/mol. The maximum atomic E-state index is 12.1. The first-order valence-corrected chi connectivity index (χ1v) is 7.77. The van der Waals surface area contributed by atoms with E-state index in [0.717, 1.165) is 37.5 Å². The van der Waals surface area contributed by atoms with Crippen molar-refractivity contribution < 1.29 is 9.59 Å². The Labute approximate surface area is 121 Å². The summed E-state index contributed by atoms with van der Waals surface area (Å²) in [7, 11) is 0. The highest BCUT2D eigenvalue weighted by Gasteiger charge is 2.27. The molecule has 0 unspecified atom stereocenters. The molecule has 2 fully saturated rings. The highest BCUT2D eigenvalue weighted by atomic mass is 32.2. The Bertz CT molecular complexity index is 531. The summed E-state index contributed by atoms with van der Waals surface area (Å²) < 4.78 is 0. The molecule has 0 bridgehead atoms. The van der Waals surface area contributed by atoms with Gasteiger partial charge in [0.25, 0.3) is 5.91 Å². The van der Waals surface area contributed by atoms with Crippen LogP contribution in [0.3, 0.4) is 0 Å². The van der Waals surface area contributed by atoms with Gasteiger partial charge in [0.1, 0.15) is 17.8 Å². The Balaban J connectivity index is 1.71. The van der Waals surface area contributed by atoms with Crippen LogP contribution in [0.25, 0.3) is 0 Å². The van der Waals surface area contributed by atoms with Crippen LogP contribution in [0.4, 0.5) is 5.82 Å². The minimum absolute atomic E-state index is 0.0344. The zero-order valence-electron chi connectivity index (χ0n) is 11.0. The van der Waals surface area contributed by atoms with Crippen molar-refractivity contribution >= 4 is 28.6 Å². The monoisotopic (exact) mass is 292 g/mol. The van der Waals surface area contributed by atoms with Crippen molar-refractivity contribution in [2.45, 2.75) is 25.3 Å². The van der Waals surface area contributed by atoms with Gasteiger partial charge in [-0.15, -0.1) is 0 Å². The Hall–Kier alpha value is -1.63. The van der Waals surface area contributed by atoms with Crippen LogP contribution in [-0.2, 0) is 4.79 Å². The van der Waals surface area contributed by atoms with Crippen molar-refractivity contribution in [2.75, 3.05) is 23.7 Å². The van der Waals surface area contributed by atoms with E-state index in [1.54, 1.807) is 6.07 Å². The molecule has 20 heavy (non-hydrogen) atoms. The van der Waals surface area contributed by atoms with Crippen LogP contribution in [-0.4, -0.2) is 45.9 Å². The molecule has 3 heterocycles. The Morgan fingerprint density at radius 3 is 2.85 bits per heavy atom. The largest absolute Gasteiger partial charge is 0.357 e. The van der Waals surface area contributed by atoms with Crippen molar-refractivity contribution in [1.82, 2.24) is 15.3 Å². The fourth-order valence-corrected chi connectivity index (χ4v) is 3.38. The SMILES string of the molecule is O=C(N[C@H]1CCSC1=O)c1cc(N2CCCC2)ncn1. The number of carbonyl (C=O) groups is 2. The van der Waals surface area contributed by atoms with Crippen LogP contribution in [0, 0.1) is 0 Å². The molecule has 1 atom stereocenters. The van der Waals surface area contributed by atoms with E-state index < -0.39 is 0 Å². The zero-order valence-corrected chi connectivity index (χ0v) is 11.9. The third-order valence-electron chi connectivity index (χ3n) is 3.56. The van der Waals surface area contributed by atoms with Gasteiger partial charge in [-0.2, -0.15) is 0 Å². The maximum Gasteiger partial charge on any atom is 0.270 e. The normalized spacial score (nSPS) is 22.3. The summed E-state index contributed by atoms with van der Waals surface area (Å²) in [5, 5.41) is 2.78. The van der Waals surface area contributed by atoms with Gasteiger partial charge < -0.3 is 10.2 Å². The maximum absolute atomic E-state index is 12.1. The van der Waals surface area contributed by atoms with Gasteiger partial charge in [-0.05, 0) is 19.3 Å². The lowest BCUT2D eigenvalue weighted by Gasteiger charge is -2.16. The first-order chi connectivity index (χ1) is 9.74. The molecule has 2 saturated heterocycles. The van der Waals surface area contributed by atoms with E-state index in [4.69, 9.17) is 0 Å². The number of hydrogen-bond donors (Lipinski definition) is 1. The summed E-state index contributed by atoms with van der Waals surface area (Å²) in [5.41, 5.74) is 0.326. The molecule has 6 nitrogen and oxygen atoms in total. The van der Waals surface area contributed by atoms with Gasteiger partial charge in [0.15, 0.2) is 0 Å². The van der Waals surface area contributed by atoms with Crippen molar-refractivity contribution in [3.63, 3.8) is 0 Å². The van der Waals surface area contributed by atoms with Gasteiger partial charge in [0.2, 0.25) is 5.12 Å². The number of anilines is 1. The molecule has 3 rings (SSSR count). The molecule has 1 aromatic heterocycles. The standard InChI is InChI=1S/C13H16N4O2S/c18-12(16-9-3-6-20-13(9)19)10-7-11(15-8-14-10)17-4-1-2-5-17/h7-9H,1-6H2,(H,16,18)/t9-/m0/s1. The van der Waals surface area contributed by atoms with Crippen molar-refractivity contribution in [3.05, 3.63) is 18.1 Å². The number of nitrogens with zero attached hydrogens (tertiary/aromatic N) is 3. The van der Waals surface area contributed by atoms with E-state index in [-0.39, 0.29) is 17.1 Å². The highest BCUT2D eigenvalue weighted by molar-refractivity contribution is 8.14. The van der Waals surface area contributed by atoms with Crippen LogP contribution < -0.4 is 10.2 Å². The number of amides is 1. The highest BCUT2D eigenvalue weighted by Crippen LogP contribution is 2.20. The predicted octanol–water partition coefficient (Wildman–Crippen LogP) is 0.839. The molecule has 1 aromatic rings. The molecule has 0 aromatic carbocycles. The lowest BCUT2D eigenvalue weighted by atomic mass is 10.2. The number of thioether (sulfide) groups is 1. The fraction of sp³-hybridized carbons (Fsp3) is 0.538. The fourth-order valence-electron chi connectivity index (χ4n) is 2.45. The molecule has 1 N–H and O–H groups in total. The second kappa shape index (κ2) is 5.78. The average Bonchev–Trinajstić information content (AvgIpc) is 3.12. The van der Waals surface area contributed by atoms with Gasteiger partial charge in [-0.25, -0.2) is 9.97 Å². The molecule has 1 amide bonds. The Morgan fingerprint density at radius 2 is 2.15 bits per heavy atom. The lowest BCUT2D eigenvalue weighted by molar-refractivity contribution is -0.112. The Kier molecular flexibility index (Phi) is 3.86. The molecule has 0 aliphatic carbocycles. The van der Waals surface area contributed by atoms with Crippen molar-refractivity contribution in [3.8, 4) is 0 Å². The number of carbonyl (C=O) groups excluding carboxylic acids is 2. The summed E-state index contributed by atoms with van der Waals surface area (Å²) in [6, 6.07) is 1.32. The number of aromatic nitrogens is 2. The third-order valence-corrected chi connectivity index (χ3v) is 4.56. The smallest absolute Gasteiger partial charge is 0.270 e. The van der Waals surface area contributed by atoms with Gasteiger partial charge in [0, 0.05) is 24.9 Å². The van der Waals surface area contributed by atoms with Crippen LogP contribution >= 0.6 is 11.8 Å². The van der Waals surface area contributed by atoms with Gasteiger partial charge in [-0.3, -0.25) is 9.59 Å². The number of hydrogen-bond acceptors (Lipinski definition) is 6. The first-order valence-electron chi connectivity index (χ1n) is 6.78. The van der Waals surface area contributed by atoms with E-state index >= 15 is 0 Å². The molecular formula is C13H16N4O2S. The second-order valence-electron chi connectivity index (χ2n) is 4.94. The first kappa shape index (κ1) is 13.4. The van der Waals surface area contributed by atoms with E-state index in [1.807, 2.05) is 0 Å². The lowest BCUT2D eigenvalue weighted by Crippen LogP contribution is -2.37. The topological polar surface area (TPSA) is 75.2 Å². The molecule has 0 saturated carbocycles. The summed E-state index contributed by atoms with van der Waals surface area (Å²) in [6.45, 7) is 1.94. The van der Waals surface area contributed by atoms with Crippen LogP contribution in [0.1, 0.15) is 29.8 Å².